The molecule has 0 aliphatic heterocycles. The van der Waals surface area contributed by atoms with E-state index in [0.717, 1.165) is 6.33 Å². The molecule has 2 aromatic rings. The Morgan fingerprint density at radius 2 is 1.78 bits per heavy atom. The van der Waals surface area contributed by atoms with Crippen molar-refractivity contribution in [2.75, 3.05) is 0 Å². The highest BCUT2D eigenvalue weighted by Crippen LogP contribution is 2.36. The molecule has 0 bridgehead atoms. The Hall–Kier alpha value is -0.970. The number of hydrogen-bond acceptors (Lipinski definition) is 2. The summed E-state index contributed by atoms with van der Waals surface area (Å²) in [6.45, 7) is 0. The molecule has 0 unspecified atom stereocenters. The fraction of sp³-hybridized carbons (Fsp3) is 0.0909. The van der Waals surface area contributed by atoms with E-state index in [0.29, 0.717) is 10.6 Å². The molecule has 1 heterocycles. The summed E-state index contributed by atoms with van der Waals surface area (Å²) in [4.78, 5) is 7.33. The summed E-state index contributed by atoms with van der Waals surface area (Å²) >= 11 is 17.6. The van der Waals surface area contributed by atoms with E-state index in [1.54, 1.807) is 12.1 Å². The molecule has 0 saturated heterocycles. The Balaban J connectivity index is 2.61. The van der Waals surface area contributed by atoms with Crippen LogP contribution in [0.1, 0.15) is 12.1 Å². The Morgan fingerprint density at radius 1 is 1.06 bits per heavy atom. The second-order valence-corrected chi connectivity index (χ2v) is 4.57. The lowest BCUT2D eigenvalue weighted by Gasteiger charge is -2.08. The van der Waals surface area contributed by atoms with Gasteiger partial charge in [-0.3, -0.25) is 0 Å². The molecule has 94 valence electrons. The summed E-state index contributed by atoms with van der Waals surface area (Å²) in [6, 6.07) is 4.62. The lowest BCUT2D eigenvalue weighted by atomic mass is 10.1. The molecule has 0 fully saturated rings. The maximum atomic E-state index is 12.7. The minimum atomic E-state index is -2.77. The van der Waals surface area contributed by atoms with Crippen LogP contribution in [-0.4, -0.2) is 9.97 Å². The summed E-state index contributed by atoms with van der Waals surface area (Å²) in [5.74, 6) is 0. The van der Waals surface area contributed by atoms with Gasteiger partial charge >= 0.3 is 0 Å². The predicted octanol–water partition coefficient (Wildman–Crippen LogP) is 5.04. The van der Waals surface area contributed by atoms with Crippen LogP contribution in [-0.2, 0) is 0 Å². The average Bonchev–Trinajstić information content (AvgIpc) is 2.30. The van der Waals surface area contributed by atoms with E-state index in [4.69, 9.17) is 34.8 Å². The quantitative estimate of drug-likeness (QED) is 0.776. The monoisotopic (exact) mass is 308 g/mol. The third-order valence-corrected chi connectivity index (χ3v) is 3.13. The van der Waals surface area contributed by atoms with Crippen molar-refractivity contribution < 1.29 is 8.78 Å². The van der Waals surface area contributed by atoms with Crippen LogP contribution in [0.25, 0.3) is 11.3 Å². The zero-order chi connectivity index (χ0) is 13.3. The normalized spacial score (nSPS) is 11.0. The molecule has 7 heteroatoms. The summed E-state index contributed by atoms with van der Waals surface area (Å²) in [7, 11) is 0. The minimum Gasteiger partial charge on any atom is -0.235 e. The molecule has 1 aromatic carbocycles. The van der Waals surface area contributed by atoms with Crippen LogP contribution in [0.4, 0.5) is 8.78 Å². The maximum Gasteiger partial charge on any atom is 0.281 e. The van der Waals surface area contributed by atoms with Crippen LogP contribution in [0.2, 0.25) is 15.1 Å². The smallest absolute Gasteiger partial charge is 0.235 e. The zero-order valence-corrected chi connectivity index (χ0v) is 10.9. The van der Waals surface area contributed by atoms with Gasteiger partial charge in [0.15, 0.2) is 0 Å². The van der Waals surface area contributed by atoms with Crippen LogP contribution in [0, 0.1) is 0 Å². The molecule has 0 aliphatic carbocycles. The highest BCUT2D eigenvalue weighted by molar-refractivity contribution is 6.38. The van der Waals surface area contributed by atoms with Crippen molar-refractivity contribution in [3.8, 4) is 11.3 Å². The number of aromatic nitrogens is 2. The van der Waals surface area contributed by atoms with Crippen molar-refractivity contribution in [1.29, 1.82) is 0 Å². The highest BCUT2D eigenvalue weighted by atomic mass is 35.5. The van der Waals surface area contributed by atoms with E-state index >= 15 is 0 Å². The van der Waals surface area contributed by atoms with Crippen molar-refractivity contribution in [2.45, 2.75) is 6.43 Å². The molecule has 0 saturated carbocycles. The number of benzene rings is 1. The van der Waals surface area contributed by atoms with Crippen LogP contribution < -0.4 is 0 Å². The Kier molecular flexibility index (Phi) is 4.00. The van der Waals surface area contributed by atoms with E-state index in [2.05, 4.69) is 9.97 Å². The summed E-state index contributed by atoms with van der Waals surface area (Å²) in [5, 5.41) is 0.503. The van der Waals surface area contributed by atoms with E-state index in [9.17, 15) is 8.78 Å². The van der Waals surface area contributed by atoms with Gasteiger partial charge in [-0.25, -0.2) is 18.7 Å². The lowest BCUT2D eigenvalue weighted by molar-refractivity contribution is 0.146. The first kappa shape index (κ1) is 13.5. The molecule has 0 N–H and O–H groups in total. The van der Waals surface area contributed by atoms with Gasteiger partial charge in [0.05, 0.1) is 15.7 Å². The van der Waals surface area contributed by atoms with Gasteiger partial charge < -0.3 is 0 Å². The van der Waals surface area contributed by atoms with Crippen molar-refractivity contribution in [3.63, 3.8) is 0 Å². The Bertz CT molecular complexity index is 590. The minimum absolute atomic E-state index is 0.156. The molecule has 2 rings (SSSR count). The predicted molar refractivity (Wildman–Crippen MR) is 67.5 cm³/mol. The van der Waals surface area contributed by atoms with Gasteiger partial charge in [0.2, 0.25) is 0 Å². The fourth-order valence-electron chi connectivity index (χ4n) is 1.40. The molecule has 18 heavy (non-hydrogen) atoms. The first-order valence-corrected chi connectivity index (χ1v) is 5.88. The second kappa shape index (κ2) is 5.34. The number of alkyl halides is 2. The third-order valence-electron chi connectivity index (χ3n) is 2.21. The number of rotatable bonds is 2. The molecule has 0 spiro atoms. The largest absolute Gasteiger partial charge is 0.281 e. The first-order valence-electron chi connectivity index (χ1n) is 4.74. The van der Waals surface area contributed by atoms with Crippen molar-refractivity contribution in [3.05, 3.63) is 45.3 Å². The zero-order valence-electron chi connectivity index (χ0n) is 8.67. The molecule has 2 nitrogen and oxygen atoms in total. The molecule has 0 aliphatic rings. The molecule has 0 amide bonds. The van der Waals surface area contributed by atoms with E-state index < -0.39 is 12.1 Å². The third kappa shape index (κ3) is 2.55. The highest BCUT2D eigenvalue weighted by Gasteiger charge is 2.19. The van der Waals surface area contributed by atoms with Crippen LogP contribution >= 0.6 is 34.8 Å². The molecular weight excluding hydrogens is 304 g/mol. The summed E-state index contributed by atoms with van der Waals surface area (Å²) < 4.78 is 25.3. The standard InChI is InChI=1S/C11H5Cl3F2N2/c12-5-1-2-6(7(13)3-5)9-8(14)10(11(15)16)18-4-17-9/h1-4,11H. The molecular formula is C11H5Cl3F2N2. The number of halogens is 5. The van der Waals surface area contributed by atoms with Crippen molar-refractivity contribution in [2.24, 2.45) is 0 Å². The van der Waals surface area contributed by atoms with Gasteiger partial charge in [-0.2, -0.15) is 0 Å². The molecule has 0 radical (unpaired) electrons. The molecule has 1 aromatic heterocycles. The van der Waals surface area contributed by atoms with Crippen LogP contribution in [0.15, 0.2) is 24.5 Å². The van der Waals surface area contributed by atoms with Gasteiger partial charge in [-0.15, -0.1) is 0 Å². The SMILES string of the molecule is FC(F)c1ncnc(-c2ccc(Cl)cc2Cl)c1Cl. The van der Waals surface area contributed by atoms with Gasteiger partial charge in [0.1, 0.15) is 12.0 Å². The molecule has 0 atom stereocenters. The number of hydrogen-bond donors (Lipinski definition) is 0. The van der Waals surface area contributed by atoms with Crippen LogP contribution in [0.5, 0.6) is 0 Å². The van der Waals surface area contributed by atoms with Crippen molar-refractivity contribution >= 4 is 34.8 Å². The van der Waals surface area contributed by atoms with E-state index in [-0.39, 0.29) is 15.7 Å². The van der Waals surface area contributed by atoms with E-state index in [1.807, 2.05) is 0 Å². The van der Waals surface area contributed by atoms with E-state index in [1.165, 1.54) is 6.07 Å². The topological polar surface area (TPSA) is 25.8 Å². The summed E-state index contributed by atoms with van der Waals surface area (Å²) in [6.07, 6.45) is -1.75. The maximum absolute atomic E-state index is 12.7. The first-order chi connectivity index (χ1) is 8.50. The van der Waals surface area contributed by atoms with Gasteiger partial charge in [-0.1, -0.05) is 34.8 Å². The van der Waals surface area contributed by atoms with Gasteiger partial charge in [-0.05, 0) is 18.2 Å². The Morgan fingerprint density at radius 3 is 2.39 bits per heavy atom. The lowest BCUT2D eigenvalue weighted by Crippen LogP contribution is -1.96. The Labute approximate surface area is 117 Å². The fourth-order valence-corrected chi connectivity index (χ4v) is 2.18. The average molecular weight is 310 g/mol. The second-order valence-electron chi connectivity index (χ2n) is 3.35. The van der Waals surface area contributed by atoms with Crippen molar-refractivity contribution in [1.82, 2.24) is 9.97 Å². The van der Waals surface area contributed by atoms with Gasteiger partial charge in [0.25, 0.3) is 6.43 Å². The van der Waals surface area contributed by atoms with Crippen LogP contribution in [0.3, 0.4) is 0 Å². The summed E-state index contributed by atoms with van der Waals surface area (Å²) in [5.41, 5.74) is 0.0617. The number of nitrogens with zero attached hydrogens (tertiary/aromatic N) is 2. The van der Waals surface area contributed by atoms with Gasteiger partial charge in [0, 0.05) is 10.6 Å².